The van der Waals surface area contributed by atoms with Gasteiger partial charge in [-0.1, -0.05) is 6.92 Å². The molecule has 0 atom stereocenters. The zero-order valence-electron chi connectivity index (χ0n) is 10.7. The number of anilines is 1. The second-order valence-electron chi connectivity index (χ2n) is 4.76. The van der Waals surface area contributed by atoms with Crippen molar-refractivity contribution in [3.63, 3.8) is 0 Å². The van der Waals surface area contributed by atoms with Gasteiger partial charge in [-0.25, -0.2) is 4.39 Å². The van der Waals surface area contributed by atoms with E-state index < -0.39 is 5.82 Å². The van der Waals surface area contributed by atoms with Gasteiger partial charge in [-0.05, 0) is 38.5 Å². The molecule has 0 fully saturated rings. The van der Waals surface area contributed by atoms with Crippen LogP contribution in [0, 0.1) is 5.82 Å². The highest BCUT2D eigenvalue weighted by molar-refractivity contribution is 5.99. The molecule has 1 aromatic rings. The molecule has 0 aliphatic carbocycles. The fourth-order valence-corrected chi connectivity index (χ4v) is 1.42. The van der Waals surface area contributed by atoms with Gasteiger partial charge in [0, 0.05) is 18.3 Å². The van der Waals surface area contributed by atoms with Gasteiger partial charge >= 0.3 is 0 Å². The van der Waals surface area contributed by atoms with Gasteiger partial charge in [0.05, 0.1) is 5.56 Å². The molecule has 2 N–H and O–H groups in total. The Labute approximate surface area is 101 Å². The zero-order valence-corrected chi connectivity index (χ0v) is 10.7. The lowest BCUT2D eigenvalue weighted by Gasteiger charge is -2.35. The van der Waals surface area contributed by atoms with Crippen molar-refractivity contribution in [2.75, 3.05) is 12.8 Å². The number of hydrogen-bond donors (Lipinski definition) is 1. The van der Waals surface area contributed by atoms with E-state index in [0.717, 1.165) is 6.42 Å². The van der Waals surface area contributed by atoms with Crippen LogP contribution < -0.4 is 5.73 Å². The number of halogens is 1. The second-order valence-corrected chi connectivity index (χ2v) is 4.76. The standard InChI is InChI=1S/C13H19FN2O/c1-5-13(2,3)16(4)12(17)10-7-6-9(14)8-11(10)15/h6-8H,5,15H2,1-4H3. The monoisotopic (exact) mass is 238 g/mol. The Morgan fingerprint density at radius 2 is 2.06 bits per heavy atom. The van der Waals surface area contributed by atoms with E-state index in [1.54, 1.807) is 11.9 Å². The summed E-state index contributed by atoms with van der Waals surface area (Å²) in [6, 6.07) is 3.84. The van der Waals surface area contributed by atoms with Crippen LogP contribution in [0.25, 0.3) is 0 Å². The largest absolute Gasteiger partial charge is 0.398 e. The topological polar surface area (TPSA) is 46.3 Å². The molecule has 0 bridgehead atoms. The molecule has 0 aromatic heterocycles. The maximum absolute atomic E-state index is 12.9. The van der Waals surface area contributed by atoms with Crippen molar-refractivity contribution < 1.29 is 9.18 Å². The summed E-state index contributed by atoms with van der Waals surface area (Å²) in [7, 11) is 1.73. The SMILES string of the molecule is CCC(C)(C)N(C)C(=O)c1ccc(F)cc1N. The predicted octanol–water partition coefficient (Wildman–Crippen LogP) is 2.67. The number of rotatable bonds is 3. The van der Waals surface area contributed by atoms with E-state index in [4.69, 9.17) is 5.73 Å². The van der Waals surface area contributed by atoms with Crippen molar-refractivity contribution >= 4 is 11.6 Å². The van der Waals surface area contributed by atoms with E-state index >= 15 is 0 Å². The Kier molecular flexibility index (Phi) is 3.76. The van der Waals surface area contributed by atoms with Crippen LogP contribution in [0.2, 0.25) is 0 Å². The quantitative estimate of drug-likeness (QED) is 0.823. The molecule has 0 spiro atoms. The molecule has 0 aliphatic rings. The van der Waals surface area contributed by atoms with Crippen molar-refractivity contribution in [2.45, 2.75) is 32.7 Å². The Balaban J connectivity index is 3.05. The minimum atomic E-state index is -0.434. The number of nitrogens with zero attached hydrogens (tertiary/aromatic N) is 1. The maximum atomic E-state index is 12.9. The average molecular weight is 238 g/mol. The third-order valence-corrected chi connectivity index (χ3v) is 3.32. The highest BCUT2D eigenvalue weighted by atomic mass is 19.1. The van der Waals surface area contributed by atoms with Gasteiger partial charge in [0.25, 0.3) is 5.91 Å². The fraction of sp³-hybridized carbons (Fsp3) is 0.462. The lowest BCUT2D eigenvalue weighted by atomic mass is 9.98. The molecule has 17 heavy (non-hydrogen) atoms. The molecule has 1 amide bonds. The first-order valence-electron chi connectivity index (χ1n) is 5.62. The first-order chi connectivity index (χ1) is 7.79. The third kappa shape index (κ3) is 2.75. The Morgan fingerprint density at radius 3 is 2.53 bits per heavy atom. The highest BCUT2D eigenvalue weighted by Crippen LogP contribution is 2.22. The van der Waals surface area contributed by atoms with Gasteiger partial charge in [0.2, 0.25) is 0 Å². The van der Waals surface area contributed by atoms with Gasteiger partial charge in [-0.15, -0.1) is 0 Å². The summed E-state index contributed by atoms with van der Waals surface area (Å²) >= 11 is 0. The first-order valence-corrected chi connectivity index (χ1v) is 5.62. The maximum Gasteiger partial charge on any atom is 0.256 e. The molecule has 94 valence electrons. The number of hydrogen-bond acceptors (Lipinski definition) is 2. The summed E-state index contributed by atoms with van der Waals surface area (Å²) < 4.78 is 12.9. The summed E-state index contributed by atoms with van der Waals surface area (Å²) in [5, 5.41) is 0. The number of nitrogen functional groups attached to an aromatic ring is 1. The van der Waals surface area contributed by atoms with E-state index in [1.165, 1.54) is 18.2 Å². The number of benzene rings is 1. The lowest BCUT2D eigenvalue weighted by Crippen LogP contribution is -2.44. The van der Waals surface area contributed by atoms with Crippen LogP contribution in [-0.4, -0.2) is 23.4 Å². The Bertz CT molecular complexity index is 429. The molecule has 0 saturated heterocycles. The smallest absolute Gasteiger partial charge is 0.256 e. The molecular formula is C13H19FN2O. The van der Waals surface area contributed by atoms with Crippen LogP contribution in [0.4, 0.5) is 10.1 Å². The lowest BCUT2D eigenvalue weighted by molar-refractivity contribution is 0.0621. The van der Waals surface area contributed by atoms with E-state index in [-0.39, 0.29) is 17.1 Å². The van der Waals surface area contributed by atoms with Crippen LogP contribution in [0.1, 0.15) is 37.6 Å². The summed E-state index contributed by atoms with van der Waals surface area (Å²) in [4.78, 5) is 13.8. The van der Waals surface area contributed by atoms with Crippen molar-refractivity contribution in [3.05, 3.63) is 29.6 Å². The van der Waals surface area contributed by atoms with E-state index in [2.05, 4.69) is 0 Å². The molecule has 0 unspecified atom stereocenters. The Hall–Kier alpha value is -1.58. The van der Waals surface area contributed by atoms with Crippen LogP contribution >= 0.6 is 0 Å². The predicted molar refractivity (Wildman–Crippen MR) is 67.3 cm³/mol. The summed E-state index contributed by atoms with van der Waals surface area (Å²) in [6.45, 7) is 5.97. The number of amides is 1. The molecule has 4 heteroatoms. The van der Waals surface area contributed by atoms with E-state index in [0.29, 0.717) is 5.56 Å². The van der Waals surface area contributed by atoms with E-state index in [9.17, 15) is 9.18 Å². The fourth-order valence-electron chi connectivity index (χ4n) is 1.42. The molecule has 1 aromatic carbocycles. The van der Waals surface area contributed by atoms with Crippen LogP contribution in [0.3, 0.4) is 0 Å². The van der Waals surface area contributed by atoms with Crippen molar-refractivity contribution in [3.8, 4) is 0 Å². The van der Waals surface area contributed by atoms with Gasteiger partial charge in [0.15, 0.2) is 0 Å². The van der Waals surface area contributed by atoms with Crippen molar-refractivity contribution in [1.29, 1.82) is 0 Å². The summed E-state index contributed by atoms with van der Waals surface area (Å²) in [6.07, 6.45) is 0.830. The van der Waals surface area contributed by atoms with Gasteiger partial charge in [-0.3, -0.25) is 4.79 Å². The molecular weight excluding hydrogens is 219 g/mol. The molecule has 0 aliphatic heterocycles. The number of nitrogens with two attached hydrogens (primary N) is 1. The summed E-state index contributed by atoms with van der Waals surface area (Å²) in [5.41, 5.74) is 5.92. The Morgan fingerprint density at radius 1 is 1.47 bits per heavy atom. The van der Waals surface area contributed by atoms with Crippen molar-refractivity contribution in [2.24, 2.45) is 0 Å². The molecule has 1 rings (SSSR count). The molecule has 0 heterocycles. The average Bonchev–Trinajstić information content (AvgIpc) is 2.27. The zero-order chi connectivity index (χ0) is 13.2. The van der Waals surface area contributed by atoms with Crippen molar-refractivity contribution in [1.82, 2.24) is 4.90 Å². The second kappa shape index (κ2) is 4.73. The minimum Gasteiger partial charge on any atom is -0.398 e. The van der Waals surface area contributed by atoms with Crippen LogP contribution in [0.15, 0.2) is 18.2 Å². The number of carbonyl (C=O) groups excluding carboxylic acids is 1. The normalized spacial score (nSPS) is 11.4. The van der Waals surface area contributed by atoms with E-state index in [1.807, 2.05) is 20.8 Å². The van der Waals surface area contributed by atoms with Crippen LogP contribution in [-0.2, 0) is 0 Å². The van der Waals surface area contributed by atoms with Gasteiger partial charge in [-0.2, -0.15) is 0 Å². The first kappa shape index (κ1) is 13.5. The molecule has 0 radical (unpaired) electrons. The molecule has 3 nitrogen and oxygen atoms in total. The van der Waals surface area contributed by atoms with Gasteiger partial charge in [0.1, 0.15) is 5.82 Å². The molecule has 0 saturated carbocycles. The minimum absolute atomic E-state index is 0.175. The van der Waals surface area contributed by atoms with Crippen LogP contribution in [0.5, 0.6) is 0 Å². The number of carbonyl (C=O) groups is 1. The van der Waals surface area contributed by atoms with Gasteiger partial charge < -0.3 is 10.6 Å². The third-order valence-electron chi connectivity index (χ3n) is 3.32. The highest BCUT2D eigenvalue weighted by Gasteiger charge is 2.27. The summed E-state index contributed by atoms with van der Waals surface area (Å²) in [5.74, 6) is -0.620.